The van der Waals surface area contributed by atoms with E-state index >= 15 is 0 Å². The van der Waals surface area contributed by atoms with Crippen molar-refractivity contribution in [1.29, 1.82) is 0 Å². The van der Waals surface area contributed by atoms with Crippen LogP contribution in [0.1, 0.15) is 50.5 Å². The molecule has 0 fully saturated rings. The van der Waals surface area contributed by atoms with Gasteiger partial charge in [-0.2, -0.15) is 0 Å². The Bertz CT molecular complexity index is 1820. The number of aromatic carboxylic acids is 1. The van der Waals surface area contributed by atoms with Crippen LogP contribution in [0, 0.1) is 0 Å². The average molecular weight is 518 g/mol. The average Bonchev–Trinajstić information content (AvgIpc) is 3.63. The second kappa shape index (κ2) is 9.86. The molecule has 0 bridgehead atoms. The Hall–Kier alpha value is -5.31. The Balaban J connectivity index is 1.38. The Labute approximate surface area is 222 Å². The van der Waals surface area contributed by atoms with E-state index in [9.17, 15) is 14.7 Å². The Morgan fingerprint density at radius 3 is 2.54 bits per heavy atom. The molecule has 39 heavy (non-hydrogen) atoms. The first-order valence-electron chi connectivity index (χ1n) is 12.4. The normalized spacial score (nSPS) is 12.0. The number of hydrogen-bond donors (Lipinski definition) is 2. The van der Waals surface area contributed by atoms with Gasteiger partial charge in [0.15, 0.2) is 0 Å². The fourth-order valence-corrected chi connectivity index (χ4v) is 4.70. The number of nitrogens with one attached hydrogen (secondary N) is 1. The lowest BCUT2D eigenvalue weighted by Crippen LogP contribution is -2.27. The number of fused-ring (bicyclic) bond motifs is 2. The molecule has 0 saturated heterocycles. The van der Waals surface area contributed by atoms with Crippen LogP contribution in [0.4, 0.5) is 0 Å². The second-order valence-electron chi connectivity index (χ2n) is 9.34. The van der Waals surface area contributed by atoms with E-state index in [0.717, 1.165) is 21.9 Å². The van der Waals surface area contributed by atoms with E-state index in [2.05, 4.69) is 51.1 Å². The summed E-state index contributed by atoms with van der Waals surface area (Å²) in [5.41, 5.74) is 4.89. The van der Waals surface area contributed by atoms with Gasteiger partial charge in [-0.3, -0.25) is 4.79 Å². The van der Waals surface area contributed by atoms with Crippen LogP contribution in [-0.4, -0.2) is 37.0 Å². The van der Waals surface area contributed by atoms with Crippen LogP contribution in [0.25, 0.3) is 27.5 Å². The zero-order valence-electron chi connectivity index (χ0n) is 20.9. The molecule has 0 radical (unpaired) electrons. The van der Waals surface area contributed by atoms with E-state index in [1.54, 1.807) is 35.0 Å². The lowest BCUT2D eigenvalue weighted by atomic mass is 10.0. The predicted octanol–water partition coefficient (Wildman–Crippen LogP) is 5.32. The molecule has 9 nitrogen and oxygen atoms in total. The molecule has 3 aromatic heterocycles. The van der Waals surface area contributed by atoms with Crippen LogP contribution in [0.2, 0.25) is 0 Å². The van der Waals surface area contributed by atoms with Gasteiger partial charge in [0.25, 0.3) is 5.91 Å². The summed E-state index contributed by atoms with van der Waals surface area (Å²) in [6.07, 6.45) is 3.73. The van der Waals surface area contributed by atoms with Crippen LogP contribution in [0.5, 0.6) is 0 Å². The molecule has 0 unspecified atom stereocenters. The standard InChI is InChI=1S/C30H23N5O4/c1-18(20-8-10-22(11-9-20)30(37)38)31-29(36)25-16-24(26-12-13-39-33-26)17-35-28(25)27(32-34-35)15-19-6-7-21-4-2-3-5-23(21)14-19/h2-14,16-18H,15H2,1H3,(H,31,36)(H,37,38)/t18-/m0/s1. The third kappa shape index (κ3) is 4.73. The van der Waals surface area contributed by atoms with Crippen LogP contribution in [0.3, 0.4) is 0 Å². The number of benzene rings is 3. The number of hydrogen-bond acceptors (Lipinski definition) is 6. The number of nitrogens with zero attached hydrogens (tertiary/aromatic N) is 4. The minimum atomic E-state index is -1.00. The zero-order valence-corrected chi connectivity index (χ0v) is 20.9. The molecule has 192 valence electrons. The number of carbonyl (C=O) groups excluding carboxylic acids is 1. The fraction of sp³-hybridized carbons (Fsp3) is 0.100. The van der Waals surface area contributed by atoms with E-state index < -0.39 is 5.97 Å². The van der Waals surface area contributed by atoms with Gasteiger partial charge in [0.05, 0.1) is 22.9 Å². The molecule has 0 aliphatic rings. The van der Waals surface area contributed by atoms with Gasteiger partial charge in [-0.05, 0) is 47.0 Å². The molecule has 0 aliphatic carbocycles. The van der Waals surface area contributed by atoms with E-state index in [1.165, 1.54) is 18.4 Å². The molecule has 1 amide bonds. The minimum Gasteiger partial charge on any atom is -0.478 e. The van der Waals surface area contributed by atoms with Gasteiger partial charge in [-0.25, -0.2) is 9.31 Å². The van der Waals surface area contributed by atoms with Crippen molar-refractivity contribution in [3.63, 3.8) is 0 Å². The molecule has 1 atom stereocenters. The number of amides is 1. The lowest BCUT2D eigenvalue weighted by molar-refractivity contribution is 0.0696. The summed E-state index contributed by atoms with van der Waals surface area (Å²) in [6, 6.07) is 23.9. The lowest BCUT2D eigenvalue weighted by Gasteiger charge is -2.16. The monoisotopic (exact) mass is 517 g/mol. The van der Waals surface area contributed by atoms with Crippen molar-refractivity contribution >= 4 is 28.2 Å². The molecule has 0 spiro atoms. The van der Waals surface area contributed by atoms with Gasteiger partial charge in [0.1, 0.15) is 17.5 Å². The van der Waals surface area contributed by atoms with E-state index in [0.29, 0.717) is 34.5 Å². The van der Waals surface area contributed by atoms with Gasteiger partial charge in [-0.15, -0.1) is 5.10 Å². The highest BCUT2D eigenvalue weighted by Crippen LogP contribution is 2.26. The van der Waals surface area contributed by atoms with Crippen molar-refractivity contribution < 1.29 is 19.2 Å². The summed E-state index contributed by atoms with van der Waals surface area (Å²) in [4.78, 5) is 24.9. The highest BCUT2D eigenvalue weighted by Gasteiger charge is 2.21. The van der Waals surface area contributed by atoms with Crippen molar-refractivity contribution in [3.8, 4) is 11.3 Å². The van der Waals surface area contributed by atoms with Gasteiger partial charge in [0.2, 0.25) is 0 Å². The zero-order chi connectivity index (χ0) is 26.9. The van der Waals surface area contributed by atoms with Gasteiger partial charge >= 0.3 is 5.97 Å². The Kier molecular flexibility index (Phi) is 6.08. The quantitative estimate of drug-likeness (QED) is 0.294. The van der Waals surface area contributed by atoms with E-state index in [-0.39, 0.29) is 17.5 Å². The number of rotatable bonds is 7. The van der Waals surface area contributed by atoms with Crippen LogP contribution in [-0.2, 0) is 6.42 Å². The first-order valence-corrected chi connectivity index (χ1v) is 12.4. The number of carboxylic acid groups (broad SMARTS) is 1. The SMILES string of the molecule is C[C@H](NC(=O)c1cc(-c2ccon2)cn2nnc(Cc3ccc4ccccc4c3)c12)c1ccc(C(=O)O)cc1. The minimum absolute atomic E-state index is 0.183. The fourth-order valence-electron chi connectivity index (χ4n) is 4.70. The molecule has 6 rings (SSSR count). The van der Waals surface area contributed by atoms with E-state index in [1.807, 2.05) is 19.1 Å². The Morgan fingerprint density at radius 2 is 1.79 bits per heavy atom. The summed E-state index contributed by atoms with van der Waals surface area (Å²) in [5.74, 6) is -1.32. The van der Waals surface area contributed by atoms with Gasteiger partial charge < -0.3 is 14.9 Å². The third-order valence-corrected chi connectivity index (χ3v) is 6.75. The number of carboxylic acids is 1. The van der Waals surface area contributed by atoms with Crippen molar-refractivity contribution in [1.82, 2.24) is 25.3 Å². The molecule has 6 aromatic rings. The maximum absolute atomic E-state index is 13.7. The van der Waals surface area contributed by atoms with Gasteiger partial charge in [0, 0.05) is 24.2 Å². The van der Waals surface area contributed by atoms with Crippen molar-refractivity contribution in [2.45, 2.75) is 19.4 Å². The molecular formula is C30H23N5O4. The summed E-state index contributed by atoms with van der Waals surface area (Å²) >= 11 is 0. The molecule has 0 saturated carbocycles. The van der Waals surface area contributed by atoms with Crippen molar-refractivity contribution in [3.05, 3.63) is 119 Å². The molecule has 3 heterocycles. The van der Waals surface area contributed by atoms with Crippen molar-refractivity contribution in [2.75, 3.05) is 0 Å². The maximum atomic E-state index is 13.7. The van der Waals surface area contributed by atoms with E-state index in [4.69, 9.17) is 4.52 Å². The highest BCUT2D eigenvalue weighted by atomic mass is 16.5. The summed E-state index contributed by atoms with van der Waals surface area (Å²) in [7, 11) is 0. The molecule has 3 aromatic carbocycles. The number of pyridine rings is 1. The summed E-state index contributed by atoms with van der Waals surface area (Å²) in [5, 5.41) is 27.3. The smallest absolute Gasteiger partial charge is 0.335 e. The first kappa shape index (κ1) is 24.1. The van der Waals surface area contributed by atoms with Crippen LogP contribution in [0.15, 0.2) is 95.8 Å². The topological polar surface area (TPSA) is 123 Å². The van der Waals surface area contributed by atoms with Crippen LogP contribution < -0.4 is 5.32 Å². The Morgan fingerprint density at radius 1 is 1.00 bits per heavy atom. The van der Waals surface area contributed by atoms with Gasteiger partial charge in [-0.1, -0.05) is 65.0 Å². The second-order valence-corrected chi connectivity index (χ2v) is 9.34. The first-order chi connectivity index (χ1) is 19.0. The summed E-state index contributed by atoms with van der Waals surface area (Å²) in [6.45, 7) is 1.84. The van der Waals surface area contributed by atoms with Crippen LogP contribution >= 0.6 is 0 Å². The molecular weight excluding hydrogens is 494 g/mol. The summed E-state index contributed by atoms with van der Waals surface area (Å²) < 4.78 is 6.61. The molecule has 2 N–H and O–H groups in total. The van der Waals surface area contributed by atoms with Crippen molar-refractivity contribution in [2.24, 2.45) is 0 Å². The number of aromatic nitrogens is 4. The largest absolute Gasteiger partial charge is 0.478 e. The third-order valence-electron chi connectivity index (χ3n) is 6.75. The maximum Gasteiger partial charge on any atom is 0.335 e. The molecule has 0 aliphatic heterocycles. The number of carbonyl (C=O) groups is 2. The molecule has 9 heteroatoms. The highest BCUT2D eigenvalue weighted by molar-refractivity contribution is 6.02. The predicted molar refractivity (Wildman–Crippen MR) is 145 cm³/mol.